The predicted molar refractivity (Wildman–Crippen MR) is 110 cm³/mol. The fourth-order valence-corrected chi connectivity index (χ4v) is 3.44. The highest BCUT2D eigenvalue weighted by molar-refractivity contribution is 6.04. The topological polar surface area (TPSA) is 120 Å². The molecular weight excluding hydrogens is 443 g/mol. The number of benzene rings is 2. The third-order valence-corrected chi connectivity index (χ3v) is 5.06. The molecule has 1 fully saturated rings. The molecule has 0 radical (unpaired) electrons. The molecule has 33 heavy (non-hydrogen) atoms. The minimum Gasteiger partial charge on any atom is -0.366 e. The number of alkyl halides is 3. The first-order chi connectivity index (χ1) is 15.6. The zero-order chi connectivity index (χ0) is 23.8. The van der Waals surface area contributed by atoms with Crippen LogP contribution in [0.1, 0.15) is 16.8 Å². The molecule has 2 aromatic carbocycles. The second kappa shape index (κ2) is 8.54. The Balaban J connectivity index is 1.32. The Kier molecular flexibility index (Phi) is 5.77. The largest absolute Gasteiger partial charge is 0.492 e. The fourth-order valence-electron chi connectivity index (χ4n) is 3.44. The first kappa shape index (κ1) is 22.3. The molecule has 1 aromatic heterocycles. The highest BCUT2D eigenvalue weighted by atomic mass is 19.4. The molecule has 0 saturated carbocycles. The molecule has 3 N–H and O–H groups in total. The van der Waals surface area contributed by atoms with Gasteiger partial charge in [0, 0.05) is 36.8 Å². The van der Waals surface area contributed by atoms with Gasteiger partial charge in [-0.15, -0.1) is 5.06 Å². The number of nitrogens with zero attached hydrogens (tertiary/aromatic N) is 3. The summed E-state index contributed by atoms with van der Waals surface area (Å²) in [5.41, 5.74) is 7.41. The van der Waals surface area contributed by atoms with Gasteiger partial charge in [-0.2, -0.15) is 18.3 Å². The van der Waals surface area contributed by atoms with Gasteiger partial charge in [0.1, 0.15) is 5.52 Å². The predicted octanol–water partition coefficient (Wildman–Crippen LogP) is 2.41. The van der Waals surface area contributed by atoms with Gasteiger partial charge in [0.15, 0.2) is 0 Å². The Morgan fingerprint density at radius 3 is 2.45 bits per heavy atom. The summed E-state index contributed by atoms with van der Waals surface area (Å²) in [5, 5.41) is 8.75. The van der Waals surface area contributed by atoms with Crippen molar-refractivity contribution in [2.75, 3.05) is 18.4 Å². The van der Waals surface area contributed by atoms with Crippen molar-refractivity contribution in [1.29, 1.82) is 0 Å². The number of nitrogens with two attached hydrogens (primary N) is 1. The Bertz CT molecular complexity index is 1220. The zero-order valence-electron chi connectivity index (χ0n) is 17.0. The molecule has 4 rings (SSSR count). The van der Waals surface area contributed by atoms with Crippen LogP contribution in [0.15, 0.2) is 48.7 Å². The van der Waals surface area contributed by atoms with E-state index in [-0.39, 0.29) is 31.3 Å². The SMILES string of the molecule is NC(=O)c1cccc2cn(-c3ccc(NC(=O)CC4CN(OC(=O)C(F)(F)F)C4)cc3)nc12. The molecule has 0 aliphatic carbocycles. The average Bonchev–Trinajstić information content (AvgIpc) is 3.16. The van der Waals surface area contributed by atoms with Crippen LogP contribution >= 0.6 is 0 Å². The van der Waals surface area contributed by atoms with E-state index in [2.05, 4.69) is 15.3 Å². The van der Waals surface area contributed by atoms with Crippen LogP contribution in [-0.4, -0.2) is 51.9 Å². The molecule has 1 aliphatic heterocycles. The van der Waals surface area contributed by atoms with E-state index in [0.717, 1.165) is 10.4 Å². The lowest BCUT2D eigenvalue weighted by Crippen LogP contribution is -2.50. The number of hydrogen-bond acceptors (Lipinski definition) is 6. The molecular formula is C21H18F3N5O4. The normalized spacial score (nSPS) is 14.6. The molecule has 2 heterocycles. The molecule has 9 nitrogen and oxygen atoms in total. The summed E-state index contributed by atoms with van der Waals surface area (Å²) in [6, 6.07) is 11.9. The lowest BCUT2D eigenvalue weighted by molar-refractivity contribution is -0.258. The molecule has 3 aromatic rings. The number of fused-ring (bicyclic) bond motifs is 1. The summed E-state index contributed by atoms with van der Waals surface area (Å²) in [4.78, 5) is 38.7. The number of hydroxylamine groups is 2. The van der Waals surface area contributed by atoms with E-state index in [1.165, 1.54) is 0 Å². The number of rotatable bonds is 6. The highest BCUT2D eigenvalue weighted by Gasteiger charge is 2.44. The van der Waals surface area contributed by atoms with E-state index in [9.17, 15) is 27.6 Å². The Morgan fingerprint density at radius 1 is 1.12 bits per heavy atom. The number of nitrogens with one attached hydrogen (secondary N) is 1. The van der Waals surface area contributed by atoms with E-state index < -0.39 is 18.1 Å². The number of carbonyl (C=O) groups is 3. The van der Waals surface area contributed by atoms with Crippen LogP contribution in [0.3, 0.4) is 0 Å². The first-order valence-corrected chi connectivity index (χ1v) is 9.82. The van der Waals surface area contributed by atoms with Gasteiger partial charge >= 0.3 is 12.1 Å². The third-order valence-electron chi connectivity index (χ3n) is 5.06. The molecule has 0 bridgehead atoms. The number of primary amides is 1. The molecule has 0 spiro atoms. The number of amides is 2. The molecule has 1 saturated heterocycles. The first-order valence-electron chi connectivity index (χ1n) is 9.82. The maximum atomic E-state index is 12.2. The minimum absolute atomic E-state index is 0.0499. The van der Waals surface area contributed by atoms with Gasteiger partial charge in [0.25, 0.3) is 5.91 Å². The Morgan fingerprint density at radius 2 is 1.82 bits per heavy atom. The smallest absolute Gasteiger partial charge is 0.366 e. The van der Waals surface area contributed by atoms with Gasteiger partial charge in [0.05, 0.1) is 11.3 Å². The lowest BCUT2D eigenvalue weighted by atomic mass is 9.98. The van der Waals surface area contributed by atoms with Gasteiger partial charge in [-0.1, -0.05) is 12.1 Å². The number of anilines is 1. The maximum absolute atomic E-state index is 12.2. The number of halogens is 3. The average molecular weight is 461 g/mol. The summed E-state index contributed by atoms with van der Waals surface area (Å²) >= 11 is 0. The van der Waals surface area contributed by atoms with E-state index in [1.807, 2.05) is 6.07 Å². The van der Waals surface area contributed by atoms with Gasteiger partial charge < -0.3 is 15.9 Å². The Hall–Kier alpha value is -3.93. The van der Waals surface area contributed by atoms with Crippen LogP contribution < -0.4 is 11.1 Å². The van der Waals surface area contributed by atoms with Crippen LogP contribution in [0.4, 0.5) is 18.9 Å². The quantitative estimate of drug-likeness (QED) is 0.582. The van der Waals surface area contributed by atoms with Crippen molar-refractivity contribution in [1.82, 2.24) is 14.8 Å². The molecule has 1 aliphatic rings. The van der Waals surface area contributed by atoms with Gasteiger partial charge in [0.2, 0.25) is 5.91 Å². The number of carbonyl (C=O) groups excluding carboxylic acids is 3. The van der Waals surface area contributed by atoms with E-state index in [0.29, 0.717) is 22.5 Å². The van der Waals surface area contributed by atoms with Crippen molar-refractivity contribution in [3.8, 4) is 5.69 Å². The van der Waals surface area contributed by atoms with E-state index in [1.54, 1.807) is 47.3 Å². The van der Waals surface area contributed by atoms with Gasteiger partial charge in [-0.25, -0.2) is 9.48 Å². The van der Waals surface area contributed by atoms with Crippen LogP contribution in [-0.2, 0) is 14.4 Å². The zero-order valence-corrected chi connectivity index (χ0v) is 17.0. The van der Waals surface area contributed by atoms with Crippen molar-refractivity contribution in [3.05, 3.63) is 54.2 Å². The minimum atomic E-state index is -5.05. The maximum Gasteiger partial charge on any atom is 0.492 e. The van der Waals surface area contributed by atoms with Crippen LogP contribution in [0.2, 0.25) is 0 Å². The molecule has 0 atom stereocenters. The van der Waals surface area contributed by atoms with Crippen LogP contribution in [0.5, 0.6) is 0 Å². The highest BCUT2D eigenvalue weighted by Crippen LogP contribution is 2.24. The summed E-state index contributed by atoms with van der Waals surface area (Å²) < 4.78 is 38.1. The molecule has 0 unspecified atom stereocenters. The Labute approximate surface area is 184 Å². The monoisotopic (exact) mass is 461 g/mol. The molecule has 172 valence electrons. The van der Waals surface area contributed by atoms with Crippen LogP contribution in [0, 0.1) is 5.92 Å². The standard InChI is InChI=1S/C21H18F3N5O4/c22-21(23,24)20(32)33-28-9-12(10-28)8-17(30)26-14-4-6-15(7-5-14)29-11-13-2-1-3-16(19(25)31)18(13)27-29/h1-7,11-12H,8-10H2,(H2,25,31)(H,26,30). The molecule has 12 heteroatoms. The van der Waals surface area contributed by atoms with E-state index in [4.69, 9.17) is 5.73 Å². The fraction of sp³-hybridized carbons (Fsp3) is 0.238. The summed E-state index contributed by atoms with van der Waals surface area (Å²) in [7, 11) is 0. The van der Waals surface area contributed by atoms with Crippen molar-refractivity contribution in [2.24, 2.45) is 11.7 Å². The van der Waals surface area contributed by atoms with Crippen LogP contribution in [0.25, 0.3) is 16.6 Å². The van der Waals surface area contributed by atoms with Crippen molar-refractivity contribution >= 4 is 34.4 Å². The second-order valence-corrected chi connectivity index (χ2v) is 7.57. The summed E-state index contributed by atoms with van der Waals surface area (Å²) in [5.74, 6) is -3.38. The van der Waals surface area contributed by atoms with Crippen molar-refractivity contribution in [3.63, 3.8) is 0 Å². The third kappa shape index (κ3) is 4.95. The van der Waals surface area contributed by atoms with Gasteiger partial charge in [-0.05, 0) is 36.2 Å². The second-order valence-electron chi connectivity index (χ2n) is 7.57. The number of hydrogen-bond donors (Lipinski definition) is 2. The summed E-state index contributed by atoms with van der Waals surface area (Å²) in [6.45, 7) is 0.0999. The van der Waals surface area contributed by atoms with Gasteiger partial charge in [-0.3, -0.25) is 9.59 Å². The lowest BCUT2D eigenvalue weighted by Gasteiger charge is -2.36. The van der Waals surface area contributed by atoms with Crippen molar-refractivity contribution < 1.29 is 32.4 Å². The molecule has 2 amide bonds. The summed E-state index contributed by atoms with van der Waals surface area (Å²) in [6.07, 6.45) is -3.23. The number of aromatic nitrogens is 2. The van der Waals surface area contributed by atoms with E-state index >= 15 is 0 Å². The van der Waals surface area contributed by atoms with Crippen molar-refractivity contribution in [2.45, 2.75) is 12.6 Å².